The predicted octanol–water partition coefficient (Wildman–Crippen LogP) is 6.34. The molecule has 3 aromatic carbocycles. The van der Waals surface area contributed by atoms with Crippen LogP contribution in [0.4, 0.5) is 22.7 Å². The number of azo groups is 1. The highest BCUT2D eigenvalue weighted by atomic mass is 16.5. The van der Waals surface area contributed by atoms with E-state index in [1.807, 2.05) is 9.80 Å². The zero-order chi connectivity index (χ0) is 55.4. The van der Waals surface area contributed by atoms with Crippen molar-refractivity contribution in [2.45, 2.75) is 57.9 Å². The number of benzene rings is 3. The Hall–Kier alpha value is -8.56. The number of nitrogens with zero attached hydrogens (tertiary/aromatic N) is 4. The van der Waals surface area contributed by atoms with Crippen LogP contribution in [-0.4, -0.2) is 140 Å². The van der Waals surface area contributed by atoms with E-state index in [1.54, 1.807) is 18.2 Å². The number of rotatable bonds is 35. The first kappa shape index (κ1) is 60.0. The minimum atomic E-state index is -1.50. The molecule has 1 heterocycles. The number of ether oxygens (including phenoxy) is 4. The Morgan fingerprint density at radius 1 is 0.592 bits per heavy atom. The molecule has 0 aliphatic carbocycles. The molecule has 0 bridgehead atoms. The molecule has 0 saturated carbocycles. The maximum Gasteiger partial charge on any atom is 0.330 e. The van der Waals surface area contributed by atoms with Crippen molar-refractivity contribution in [3.63, 3.8) is 0 Å². The second kappa shape index (κ2) is 31.9. The van der Waals surface area contributed by atoms with E-state index in [1.165, 1.54) is 49.4 Å². The third-order valence-electron chi connectivity index (χ3n) is 11.4. The van der Waals surface area contributed by atoms with Gasteiger partial charge in [0.1, 0.15) is 26.4 Å². The molecular weight excluding hydrogens is 983 g/mol. The van der Waals surface area contributed by atoms with E-state index >= 15 is 0 Å². The van der Waals surface area contributed by atoms with Gasteiger partial charge >= 0.3 is 23.9 Å². The highest BCUT2D eigenvalue weighted by Gasteiger charge is 2.25. The largest absolute Gasteiger partial charge is 0.461 e. The fourth-order valence-corrected chi connectivity index (χ4v) is 7.39. The summed E-state index contributed by atoms with van der Waals surface area (Å²) < 4.78 is 20.5. The number of Topliss-reactive ketones (excluding diaryl/α,β-unsaturated/α-hetero) is 3. The van der Waals surface area contributed by atoms with Gasteiger partial charge in [0, 0.05) is 97.1 Å². The van der Waals surface area contributed by atoms with Gasteiger partial charge < -0.3 is 34.9 Å². The van der Waals surface area contributed by atoms with Gasteiger partial charge in [-0.3, -0.25) is 38.6 Å². The van der Waals surface area contributed by atoms with Crippen LogP contribution < -0.4 is 16.0 Å². The monoisotopic (exact) mass is 1050 g/mol. The van der Waals surface area contributed by atoms with Crippen molar-refractivity contribution >= 4 is 81.7 Å². The molecule has 76 heavy (non-hydrogen) atoms. The summed E-state index contributed by atoms with van der Waals surface area (Å²) >= 11 is 0. The molecule has 3 amide bonds. The van der Waals surface area contributed by atoms with Gasteiger partial charge in [-0.25, -0.2) is 19.2 Å². The smallest absolute Gasteiger partial charge is 0.330 e. The Morgan fingerprint density at radius 2 is 1.07 bits per heavy atom. The number of esters is 4. The third-order valence-corrected chi connectivity index (χ3v) is 11.4. The van der Waals surface area contributed by atoms with E-state index in [9.17, 15) is 47.9 Å². The van der Waals surface area contributed by atoms with Gasteiger partial charge in [-0.05, 0) is 106 Å². The molecule has 21 heteroatoms. The van der Waals surface area contributed by atoms with Crippen molar-refractivity contribution < 1.29 is 66.9 Å². The number of fused-ring (bicyclic) bond motifs is 1. The molecule has 0 aromatic heterocycles. The topological polar surface area (TPSA) is 275 Å². The van der Waals surface area contributed by atoms with Gasteiger partial charge in [-0.15, -0.1) is 0 Å². The van der Waals surface area contributed by atoms with E-state index in [2.05, 4.69) is 52.5 Å². The summed E-state index contributed by atoms with van der Waals surface area (Å²) in [4.78, 5) is 129. The normalized spacial score (nSPS) is 11.9. The van der Waals surface area contributed by atoms with E-state index in [4.69, 9.17) is 18.9 Å². The van der Waals surface area contributed by atoms with Crippen molar-refractivity contribution in [2.75, 3.05) is 81.6 Å². The Morgan fingerprint density at radius 3 is 1.51 bits per heavy atom. The minimum Gasteiger partial charge on any atom is -0.461 e. The van der Waals surface area contributed by atoms with E-state index < -0.39 is 47.5 Å². The van der Waals surface area contributed by atoms with Crippen molar-refractivity contribution in [3.05, 3.63) is 134 Å². The Labute approximate surface area is 440 Å². The third kappa shape index (κ3) is 21.1. The molecule has 3 aromatic rings. The van der Waals surface area contributed by atoms with Crippen LogP contribution in [0.2, 0.25) is 0 Å². The lowest BCUT2D eigenvalue weighted by Gasteiger charge is -2.21. The fourth-order valence-electron chi connectivity index (χ4n) is 7.39. The number of anilines is 3. The lowest BCUT2D eigenvalue weighted by Crippen LogP contribution is -2.33. The van der Waals surface area contributed by atoms with Crippen molar-refractivity contribution in [3.8, 4) is 0 Å². The van der Waals surface area contributed by atoms with Crippen LogP contribution in [0.1, 0.15) is 82.1 Å². The maximum atomic E-state index is 13.8. The average Bonchev–Trinajstić information content (AvgIpc) is 3.79. The number of ketones is 3. The van der Waals surface area contributed by atoms with Crippen LogP contribution >= 0.6 is 0 Å². The highest BCUT2D eigenvalue weighted by molar-refractivity contribution is 6.11. The molecule has 1 unspecified atom stereocenters. The molecule has 0 saturated heterocycles. The first-order valence-electron chi connectivity index (χ1n) is 24.4. The molecule has 0 spiro atoms. The first-order valence-corrected chi connectivity index (χ1v) is 24.4. The second-order valence-corrected chi connectivity index (χ2v) is 17.0. The van der Waals surface area contributed by atoms with E-state index in [-0.39, 0.29) is 91.2 Å². The SMILES string of the molecule is C=CC(=O)OCCN(CCCCC(=O)c1cc(NC(=O)c2ccc(N=NC(C(C)=O)C(=O)Nc3ccc4c(c3)NC(=O)C4)cc2)cc(C(=O)CCCCN(CCOC(=O)C=C)CCOC(=O)C=C)c1)CCOC(=O)C=C. The Kier molecular flexibility index (Phi) is 25.2. The average molecular weight is 1050 g/mol. The molecule has 21 nitrogen and oxygen atoms in total. The zero-order valence-electron chi connectivity index (χ0n) is 42.5. The van der Waals surface area contributed by atoms with Gasteiger partial charge in [0.2, 0.25) is 11.9 Å². The Bertz CT molecular complexity index is 2540. The predicted molar refractivity (Wildman–Crippen MR) is 281 cm³/mol. The standard InChI is InChI=1S/C55H63N7O14/c1-6-49(67)73-28-24-61(25-29-74-50(68)7-2)22-12-10-14-46(64)40-32-41(47(65)15-11-13-23-62(26-30-75-51(69)8-3)27-31-76-52(70)9-4)34-44(33-40)57-54(71)38-16-19-42(20-17-38)59-60-53(37(5)63)55(72)56-43-21-18-39-35-48(66)58-45(39)36-43/h6-9,16-21,32-34,36,53H,1-4,10-15,22-31,35H2,5H3,(H,56,72)(H,57,71)(H,58,66). The zero-order valence-corrected chi connectivity index (χ0v) is 42.5. The van der Waals surface area contributed by atoms with Gasteiger partial charge in [-0.2, -0.15) is 10.2 Å². The number of carbonyl (C=O) groups excluding carboxylic acids is 10. The molecule has 1 aliphatic rings. The van der Waals surface area contributed by atoms with Crippen molar-refractivity contribution in [2.24, 2.45) is 10.2 Å². The van der Waals surface area contributed by atoms with Crippen LogP contribution in [0.15, 0.2) is 122 Å². The fraction of sp³-hybridized carbons (Fsp3) is 0.345. The van der Waals surface area contributed by atoms with E-state index in [0.29, 0.717) is 76.3 Å². The summed E-state index contributed by atoms with van der Waals surface area (Å²) in [5, 5.41) is 16.1. The summed E-state index contributed by atoms with van der Waals surface area (Å²) in [7, 11) is 0. The summed E-state index contributed by atoms with van der Waals surface area (Å²) in [6, 6.07) is 13.6. The van der Waals surface area contributed by atoms with Crippen molar-refractivity contribution in [1.29, 1.82) is 0 Å². The molecule has 1 aliphatic heterocycles. The summed E-state index contributed by atoms with van der Waals surface area (Å²) in [6.07, 6.45) is 6.46. The molecule has 1 atom stereocenters. The minimum absolute atomic E-state index is 0.0615. The number of unbranched alkanes of at least 4 members (excludes halogenated alkanes) is 2. The summed E-state index contributed by atoms with van der Waals surface area (Å²) in [5.74, 6) is -5.00. The molecule has 402 valence electrons. The summed E-state index contributed by atoms with van der Waals surface area (Å²) in [5.41, 5.74) is 2.61. The van der Waals surface area contributed by atoms with Crippen LogP contribution in [0, 0.1) is 0 Å². The van der Waals surface area contributed by atoms with Gasteiger partial charge in [-0.1, -0.05) is 32.4 Å². The lowest BCUT2D eigenvalue weighted by molar-refractivity contribution is -0.140. The van der Waals surface area contributed by atoms with Crippen molar-refractivity contribution in [1.82, 2.24) is 9.80 Å². The van der Waals surface area contributed by atoms with E-state index in [0.717, 1.165) is 29.9 Å². The lowest BCUT2D eigenvalue weighted by atomic mass is 9.98. The number of nitrogens with one attached hydrogen (secondary N) is 3. The number of hydrogen-bond donors (Lipinski definition) is 3. The van der Waals surface area contributed by atoms with Crippen LogP contribution in [0.3, 0.4) is 0 Å². The first-order chi connectivity index (χ1) is 36.5. The number of amides is 3. The molecule has 3 N–H and O–H groups in total. The van der Waals surface area contributed by atoms with Gasteiger partial charge in [0.25, 0.3) is 11.8 Å². The van der Waals surface area contributed by atoms with Gasteiger partial charge in [0.15, 0.2) is 17.3 Å². The van der Waals surface area contributed by atoms with Crippen LogP contribution in [-0.2, 0) is 58.9 Å². The molecule has 0 radical (unpaired) electrons. The van der Waals surface area contributed by atoms with Crippen LogP contribution in [0.5, 0.6) is 0 Å². The quantitative estimate of drug-likeness (QED) is 0.0110. The number of hydrogen-bond acceptors (Lipinski definition) is 18. The van der Waals surface area contributed by atoms with Crippen LogP contribution in [0.25, 0.3) is 0 Å². The molecule has 0 fully saturated rings. The summed E-state index contributed by atoms with van der Waals surface area (Å²) in [6.45, 7) is 17.2. The van der Waals surface area contributed by atoms with Gasteiger partial charge in [0.05, 0.1) is 12.1 Å². The second-order valence-electron chi connectivity index (χ2n) is 17.0. The molecular formula is C55H63N7O14. The highest BCUT2D eigenvalue weighted by Crippen LogP contribution is 2.27. The maximum absolute atomic E-state index is 13.8. The molecule has 4 rings (SSSR count). The Balaban J connectivity index is 1.46. The number of carbonyl (C=O) groups is 10.